The van der Waals surface area contributed by atoms with E-state index in [1.54, 1.807) is 24.1 Å². The molecule has 0 bridgehead atoms. The lowest BCUT2D eigenvalue weighted by molar-refractivity contribution is 0.0957. The first-order valence-corrected chi connectivity index (χ1v) is 5.89. The number of aryl methyl sites for hydroxylation is 1. The molecule has 2 aromatic rings. The van der Waals surface area contributed by atoms with Crippen molar-refractivity contribution >= 4 is 17.2 Å². The first kappa shape index (κ1) is 10.8. The lowest BCUT2D eigenvalue weighted by atomic mass is 10.3. The predicted molar refractivity (Wildman–Crippen MR) is 61.4 cm³/mol. The summed E-state index contributed by atoms with van der Waals surface area (Å²) in [5, 5.41) is 2.84. The topological polar surface area (TPSA) is 70.7 Å². The number of thiazole rings is 1. The number of imidazole rings is 1. The van der Waals surface area contributed by atoms with E-state index in [-0.39, 0.29) is 5.91 Å². The smallest absolute Gasteiger partial charge is 0.262 e. The standard InChI is InChI=1S/C10H12N4OS/c15-10(8-6-11-7-16-8)14-3-1-2-9-12-4-5-13-9/h4-7H,1-3H2,(H,12,13)(H,14,15). The molecular formula is C10H12N4OS. The Morgan fingerprint density at radius 2 is 2.50 bits per heavy atom. The zero-order chi connectivity index (χ0) is 11.2. The van der Waals surface area contributed by atoms with Crippen molar-refractivity contribution in [3.63, 3.8) is 0 Å². The molecule has 0 aliphatic heterocycles. The highest BCUT2D eigenvalue weighted by molar-refractivity contribution is 7.11. The van der Waals surface area contributed by atoms with Crippen LogP contribution in [0.15, 0.2) is 24.1 Å². The molecule has 16 heavy (non-hydrogen) atoms. The van der Waals surface area contributed by atoms with Crippen molar-refractivity contribution in [3.8, 4) is 0 Å². The van der Waals surface area contributed by atoms with Crippen molar-refractivity contribution in [1.82, 2.24) is 20.3 Å². The maximum atomic E-state index is 11.5. The molecule has 2 rings (SSSR count). The predicted octanol–water partition coefficient (Wildman–Crippen LogP) is 1.23. The average molecular weight is 236 g/mol. The van der Waals surface area contributed by atoms with E-state index in [1.807, 2.05) is 0 Å². The number of carbonyl (C=O) groups excluding carboxylic acids is 1. The molecule has 6 heteroatoms. The van der Waals surface area contributed by atoms with E-state index < -0.39 is 0 Å². The van der Waals surface area contributed by atoms with Crippen LogP contribution in [0.5, 0.6) is 0 Å². The third kappa shape index (κ3) is 2.90. The largest absolute Gasteiger partial charge is 0.351 e. The number of rotatable bonds is 5. The monoisotopic (exact) mass is 236 g/mol. The van der Waals surface area contributed by atoms with Crippen LogP contribution in [-0.2, 0) is 6.42 Å². The van der Waals surface area contributed by atoms with Crippen LogP contribution >= 0.6 is 11.3 Å². The molecule has 2 heterocycles. The second kappa shape index (κ2) is 5.41. The van der Waals surface area contributed by atoms with Crippen molar-refractivity contribution in [1.29, 1.82) is 0 Å². The summed E-state index contributed by atoms with van der Waals surface area (Å²) in [4.78, 5) is 23.1. The van der Waals surface area contributed by atoms with Crippen molar-refractivity contribution in [2.75, 3.05) is 6.54 Å². The fraction of sp³-hybridized carbons (Fsp3) is 0.300. The maximum Gasteiger partial charge on any atom is 0.262 e. The van der Waals surface area contributed by atoms with Gasteiger partial charge < -0.3 is 10.3 Å². The van der Waals surface area contributed by atoms with Crippen LogP contribution in [0.3, 0.4) is 0 Å². The Morgan fingerprint density at radius 1 is 1.56 bits per heavy atom. The third-order valence-electron chi connectivity index (χ3n) is 2.09. The van der Waals surface area contributed by atoms with Crippen LogP contribution in [-0.4, -0.2) is 27.4 Å². The molecule has 0 atom stereocenters. The van der Waals surface area contributed by atoms with Crippen molar-refractivity contribution in [2.24, 2.45) is 0 Å². The summed E-state index contributed by atoms with van der Waals surface area (Å²) in [7, 11) is 0. The quantitative estimate of drug-likeness (QED) is 0.767. The molecule has 0 spiro atoms. The summed E-state index contributed by atoms with van der Waals surface area (Å²) in [6.07, 6.45) is 6.82. The molecular weight excluding hydrogens is 224 g/mol. The van der Waals surface area contributed by atoms with Crippen LogP contribution in [0.25, 0.3) is 0 Å². The Labute approximate surface area is 96.9 Å². The van der Waals surface area contributed by atoms with Gasteiger partial charge in [0.15, 0.2) is 0 Å². The molecule has 0 aliphatic rings. The lowest BCUT2D eigenvalue weighted by Crippen LogP contribution is -2.23. The Morgan fingerprint density at radius 3 is 3.19 bits per heavy atom. The molecule has 0 aliphatic carbocycles. The van der Waals surface area contributed by atoms with Gasteiger partial charge in [-0.3, -0.25) is 9.78 Å². The number of hydrogen-bond donors (Lipinski definition) is 2. The second-order valence-electron chi connectivity index (χ2n) is 3.26. The highest BCUT2D eigenvalue weighted by atomic mass is 32.1. The fourth-order valence-electron chi connectivity index (χ4n) is 1.31. The van der Waals surface area contributed by atoms with Gasteiger partial charge in [-0.05, 0) is 6.42 Å². The number of hydrogen-bond acceptors (Lipinski definition) is 4. The Bertz CT molecular complexity index is 424. The molecule has 1 amide bonds. The minimum absolute atomic E-state index is 0.0538. The molecule has 0 radical (unpaired) electrons. The summed E-state index contributed by atoms with van der Waals surface area (Å²) < 4.78 is 0. The normalized spacial score (nSPS) is 10.2. The van der Waals surface area contributed by atoms with Gasteiger partial charge in [0, 0.05) is 25.4 Å². The number of nitrogens with zero attached hydrogens (tertiary/aromatic N) is 2. The first-order valence-electron chi connectivity index (χ1n) is 5.01. The van der Waals surface area contributed by atoms with Gasteiger partial charge in [0.05, 0.1) is 11.7 Å². The Hall–Kier alpha value is -1.69. The Kier molecular flexibility index (Phi) is 3.66. The summed E-state index contributed by atoms with van der Waals surface area (Å²) in [6.45, 7) is 0.650. The minimum Gasteiger partial charge on any atom is -0.351 e. The highest BCUT2D eigenvalue weighted by Crippen LogP contribution is 2.04. The van der Waals surface area contributed by atoms with Crippen LogP contribution in [0, 0.1) is 0 Å². The van der Waals surface area contributed by atoms with Gasteiger partial charge in [-0.15, -0.1) is 11.3 Å². The van der Waals surface area contributed by atoms with Gasteiger partial charge >= 0.3 is 0 Å². The average Bonchev–Trinajstić information content (AvgIpc) is 2.96. The van der Waals surface area contributed by atoms with Gasteiger partial charge in [-0.2, -0.15) is 0 Å². The summed E-state index contributed by atoms with van der Waals surface area (Å²) >= 11 is 1.35. The SMILES string of the molecule is O=C(NCCCc1ncc[nH]1)c1cncs1. The number of amides is 1. The van der Waals surface area contributed by atoms with E-state index in [4.69, 9.17) is 0 Å². The van der Waals surface area contributed by atoms with E-state index in [2.05, 4.69) is 20.3 Å². The second-order valence-corrected chi connectivity index (χ2v) is 4.15. The molecule has 2 aromatic heterocycles. The van der Waals surface area contributed by atoms with Gasteiger partial charge in [0.1, 0.15) is 10.7 Å². The molecule has 5 nitrogen and oxygen atoms in total. The molecule has 0 saturated heterocycles. The molecule has 0 unspecified atom stereocenters. The van der Waals surface area contributed by atoms with Gasteiger partial charge in [0.25, 0.3) is 5.91 Å². The van der Waals surface area contributed by atoms with Crippen LogP contribution in [0.2, 0.25) is 0 Å². The van der Waals surface area contributed by atoms with Gasteiger partial charge in [-0.25, -0.2) is 4.98 Å². The van der Waals surface area contributed by atoms with E-state index in [1.165, 1.54) is 11.3 Å². The van der Waals surface area contributed by atoms with Gasteiger partial charge in [0.2, 0.25) is 0 Å². The zero-order valence-electron chi connectivity index (χ0n) is 8.64. The molecule has 0 fully saturated rings. The molecule has 84 valence electrons. The molecule has 0 aromatic carbocycles. The number of nitrogens with one attached hydrogen (secondary N) is 2. The van der Waals surface area contributed by atoms with E-state index in [0.717, 1.165) is 18.7 Å². The van der Waals surface area contributed by atoms with E-state index >= 15 is 0 Å². The lowest BCUT2D eigenvalue weighted by Gasteiger charge is -2.01. The highest BCUT2D eigenvalue weighted by Gasteiger charge is 2.05. The number of H-pyrrole nitrogens is 1. The fourth-order valence-corrected chi connectivity index (χ4v) is 1.84. The van der Waals surface area contributed by atoms with E-state index in [0.29, 0.717) is 11.4 Å². The number of aromatic amines is 1. The van der Waals surface area contributed by atoms with E-state index in [9.17, 15) is 4.79 Å². The first-order chi connectivity index (χ1) is 7.86. The van der Waals surface area contributed by atoms with Crippen molar-refractivity contribution < 1.29 is 4.79 Å². The van der Waals surface area contributed by atoms with Crippen molar-refractivity contribution in [2.45, 2.75) is 12.8 Å². The number of carbonyl (C=O) groups is 1. The minimum atomic E-state index is -0.0538. The van der Waals surface area contributed by atoms with Crippen LogP contribution in [0.1, 0.15) is 21.9 Å². The third-order valence-corrected chi connectivity index (χ3v) is 2.86. The maximum absolute atomic E-state index is 11.5. The van der Waals surface area contributed by atoms with Gasteiger partial charge in [-0.1, -0.05) is 0 Å². The van der Waals surface area contributed by atoms with Crippen LogP contribution < -0.4 is 5.32 Å². The summed E-state index contributed by atoms with van der Waals surface area (Å²) in [5.41, 5.74) is 1.65. The molecule has 2 N–H and O–H groups in total. The zero-order valence-corrected chi connectivity index (χ0v) is 9.46. The van der Waals surface area contributed by atoms with Crippen molar-refractivity contribution in [3.05, 3.63) is 34.8 Å². The Balaban J connectivity index is 1.67. The molecule has 0 saturated carbocycles. The van der Waals surface area contributed by atoms with Crippen LogP contribution in [0.4, 0.5) is 0 Å². The summed E-state index contributed by atoms with van der Waals surface area (Å²) in [5.74, 6) is 0.897. The number of aromatic nitrogens is 3. The summed E-state index contributed by atoms with van der Waals surface area (Å²) in [6, 6.07) is 0.